The van der Waals surface area contributed by atoms with Crippen LogP contribution in [0.2, 0.25) is 0 Å². The average Bonchev–Trinajstić information content (AvgIpc) is 3.11. The Labute approximate surface area is 180 Å². The maximum Gasteiger partial charge on any atom is 0.268 e. The van der Waals surface area contributed by atoms with Crippen molar-refractivity contribution in [3.05, 3.63) is 51.9 Å². The SMILES string of the molecule is C[C@@H]1Cc2nc(SCC(=O)NC3CCCCC3)n(Cc3ccccc3)c(=O)c2S1. The molecule has 0 saturated heterocycles. The second-order valence-electron chi connectivity index (χ2n) is 7.87. The molecule has 0 radical (unpaired) electrons. The van der Waals surface area contributed by atoms with Crippen molar-refractivity contribution in [3.8, 4) is 0 Å². The molecule has 0 spiro atoms. The minimum Gasteiger partial charge on any atom is -0.353 e. The molecule has 5 nitrogen and oxygen atoms in total. The number of carbonyl (C=O) groups is 1. The first-order valence-electron chi connectivity index (χ1n) is 10.4. The molecule has 1 saturated carbocycles. The van der Waals surface area contributed by atoms with Gasteiger partial charge in [0.15, 0.2) is 5.16 Å². The molecular formula is C22H27N3O2S2. The van der Waals surface area contributed by atoms with Crippen molar-refractivity contribution in [3.63, 3.8) is 0 Å². The number of rotatable bonds is 6. The summed E-state index contributed by atoms with van der Waals surface area (Å²) in [5.41, 5.74) is 1.95. The molecule has 1 aliphatic heterocycles. The number of hydrogen-bond acceptors (Lipinski definition) is 5. The second-order valence-corrected chi connectivity index (χ2v) is 10.3. The summed E-state index contributed by atoms with van der Waals surface area (Å²) in [5.74, 6) is 0.324. The predicted molar refractivity (Wildman–Crippen MR) is 119 cm³/mol. The van der Waals surface area contributed by atoms with Crippen LogP contribution in [0.4, 0.5) is 0 Å². The van der Waals surface area contributed by atoms with Crippen molar-refractivity contribution in [2.45, 2.75) is 73.3 Å². The molecule has 154 valence electrons. The van der Waals surface area contributed by atoms with Gasteiger partial charge >= 0.3 is 0 Å². The van der Waals surface area contributed by atoms with E-state index in [9.17, 15) is 9.59 Å². The van der Waals surface area contributed by atoms with Gasteiger partial charge in [-0.1, -0.05) is 68.3 Å². The van der Waals surface area contributed by atoms with E-state index in [4.69, 9.17) is 4.98 Å². The largest absolute Gasteiger partial charge is 0.353 e. The smallest absolute Gasteiger partial charge is 0.268 e. The highest BCUT2D eigenvalue weighted by atomic mass is 32.2. The van der Waals surface area contributed by atoms with E-state index in [-0.39, 0.29) is 11.5 Å². The molecule has 1 aliphatic carbocycles. The lowest BCUT2D eigenvalue weighted by molar-refractivity contribution is -0.119. The summed E-state index contributed by atoms with van der Waals surface area (Å²) < 4.78 is 1.73. The number of nitrogens with one attached hydrogen (secondary N) is 1. The van der Waals surface area contributed by atoms with Crippen LogP contribution in [0.25, 0.3) is 0 Å². The molecule has 7 heteroatoms. The molecule has 1 N–H and O–H groups in total. The Balaban J connectivity index is 1.53. The van der Waals surface area contributed by atoms with Crippen LogP contribution in [0.1, 0.15) is 50.3 Å². The highest BCUT2D eigenvalue weighted by Gasteiger charge is 2.26. The Morgan fingerprint density at radius 3 is 2.76 bits per heavy atom. The number of amides is 1. The summed E-state index contributed by atoms with van der Waals surface area (Å²) in [6, 6.07) is 10.2. The summed E-state index contributed by atoms with van der Waals surface area (Å²) in [4.78, 5) is 31.2. The fourth-order valence-electron chi connectivity index (χ4n) is 3.99. The van der Waals surface area contributed by atoms with Gasteiger partial charge in [0.1, 0.15) is 0 Å². The van der Waals surface area contributed by atoms with Crippen LogP contribution in [0.15, 0.2) is 45.2 Å². The molecule has 2 heterocycles. The monoisotopic (exact) mass is 429 g/mol. The number of fused-ring (bicyclic) bond motifs is 1. The number of thioether (sulfide) groups is 2. The van der Waals surface area contributed by atoms with Gasteiger partial charge < -0.3 is 5.32 Å². The molecule has 4 rings (SSSR count). The van der Waals surface area contributed by atoms with Gasteiger partial charge in [-0.3, -0.25) is 14.2 Å². The first kappa shape index (κ1) is 20.5. The molecular weight excluding hydrogens is 402 g/mol. The molecule has 0 unspecified atom stereocenters. The summed E-state index contributed by atoms with van der Waals surface area (Å²) in [6.07, 6.45) is 6.60. The third-order valence-corrected chi connectivity index (χ3v) is 7.64. The molecule has 2 aliphatic rings. The van der Waals surface area contributed by atoms with Gasteiger partial charge in [-0.25, -0.2) is 4.98 Å². The van der Waals surface area contributed by atoms with E-state index in [1.807, 2.05) is 30.3 Å². The number of hydrogen-bond donors (Lipinski definition) is 1. The molecule has 1 atom stereocenters. The molecule has 0 bridgehead atoms. The molecule has 29 heavy (non-hydrogen) atoms. The van der Waals surface area contributed by atoms with Crippen LogP contribution in [0.3, 0.4) is 0 Å². The summed E-state index contributed by atoms with van der Waals surface area (Å²) in [6.45, 7) is 2.60. The van der Waals surface area contributed by atoms with Crippen LogP contribution >= 0.6 is 23.5 Å². The fraction of sp³-hybridized carbons (Fsp3) is 0.500. The Morgan fingerprint density at radius 1 is 1.24 bits per heavy atom. The zero-order valence-electron chi connectivity index (χ0n) is 16.7. The lowest BCUT2D eigenvalue weighted by atomic mass is 9.95. The lowest BCUT2D eigenvalue weighted by Crippen LogP contribution is -2.37. The molecule has 1 aromatic carbocycles. The van der Waals surface area contributed by atoms with Gasteiger partial charge in [0.25, 0.3) is 5.56 Å². The molecule has 1 aromatic heterocycles. The molecule has 2 aromatic rings. The van der Waals surface area contributed by atoms with Crippen LogP contribution in [0, 0.1) is 0 Å². The normalized spacial score (nSPS) is 19.1. The summed E-state index contributed by atoms with van der Waals surface area (Å²) in [5, 5.41) is 4.16. The van der Waals surface area contributed by atoms with Crippen molar-refractivity contribution in [2.75, 3.05) is 5.75 Å². The first-order chi connectivity index (χ1) is 14.1. The highest BCUT2D eigenvalue weighted by molar-refractivity contribution is 8.00. The topological polar surface area (TPSA) is 64.0 Å². The Kier molecular flexibility index (Phi) is 6.65. The van der Waals surface area contributed by atoms with Gasteiger partial charge in [-0.15, -0.1) is 11.8 Å². The number of carbonyl (C=O) groups excluding carboxylic acids is 1. The van der Waals surface area contributed by atoms with Gasteiger partial charge in [-0.05, 0) is 18.4 Å². The minimum absolute atomic E-state index is 0.0170. The zero-order chi connectivity index (χ0) is 20.2. The summed E-state index contributed by atoms with van der Waals surface area (Å²) in [7, 11) is 0. The first-order valence-corrected chi connectivity index (χ1v) is 12.2. The quantitative estimate of drug-likeness (QED) is 0.558. The molecule has 1 fully saturated rings. The highest BCUT2D eigenvalue weighted by Crippen LogP contribution is 2.34. The zero-order valence-corrected chi connectivity index (χ0v) is 18.4. The van der Waals surface area contributed by atoms with Gasteiger partial charge in [0, 0.05) is 17.7 Å². The lowest BCUT2D eigenvalue weighted by Gasteiger charge is -2.22. The van der Waals surface area contributed by atoms with E-state index in [1.165, 1.54) is 31.0 Å². The van der Waals surface area contributed by atoms with Crippen LogP contribution in [-0.4, -0.2) is 32.5 Å². The van der Waals surface area contributed by atoms with Gasteiger partial charge in [0.2, 0.25) is 5.91 Å². The third-order valence-electron chi connectivity index (χ3n) is 5.45. The molecule has 1 amide bonds. The van der Waals surface area contributed by atoms with Crippen LogP contribution < -0.4 is 10.9 Å². The summed E-state index contributed by atoms with van der Waals surface area (Å²) >= 11 is 2.99. The van der Waals surface area contributed by atoms with Crippen molar-refractivity contribution in [2.24, 2.45) is 0 Å². The van der Waals surface area contributed by atoms with E-state index < -0.39 is 0 Å². The third kappa shape index (κ3) is 5.07. The van der Waals surface area contributed by atoms with E-state index in [1.54, 1.807) is 16.3 Å². The fourth-order valence-corrected chi connectivity index (χ4v) is 5.93. The maximum absolute atomic E-state index is 13.2. The van der Waals surface area contributed by atoms with Crippen molar-refractivity contribution < 1.29 is 4.79 Å². The van der Waals surface area contributed by atoms with E-state index in [2.05, 4.69) is 12.2 Å². The second kappa shape index (κ2) is 9.39. The Morgan fingerprint density at radius 2 is 2.00 bits per heavy atom. The Bertz CT molecular complexity index is 924. The number of nitrogens with zero attached hydrogens (tertiary/aromatic N) is 2. The van der Waals surface area contributed by atoms with Crippen molar-refractivity contribution >= 4 is 29.4 Å². The van der Waals surface area contributed by atoms with Crippen LogP contribution in [-0.2, 0) is 17.8 Å². The van der Waals surface area contributed by atoms with Crippen LogP contribution in [0.5, 0.6) is 0 Å². The number of benzene rings is 1. The van der Waals surface area contributed by atoms with E-state index in [0.717, 1.165) is 35.4 Å². The van der Waals surface area contributed by atoms with Crippen molar-refractivity contribution in [1.82, 2.24) is 14.9 Å². The van der Waals surface area contributed by atoms with E-state index >= 15 is 0 Å². The predicted octanol–water partition coefficient (Wildman–Crippen LogP) is 3.87. The number of aromatic nitrogens is 2. The maximum atomic E-state index is 13.2. The van der Waals surface area contributed by atoms with E-state index in [0.29, 0.717) is 28.7 Å². The van der Waals surface area contributed by atoms with Gasteiger partial charge in [-0.2, -0.15) is 0 Å². The minimum atomic E-state index is 0.0170. The Hall–Kier alpha value is -1.73. The van der Waals surface area contributed by atoms with Gasteiger partial charge in [0.05, 0.1) is 22.9 Å². The standard InChI is InChI=1S/C22H27N3O2S2/c1-15-12-18-20(29-15)21(27)25(13-16-8-4-2-5-9-16)22(24-18)28-14-19(26)23-17-10-6-3-7-11-17/h2,4-5,8-9,15,17H,3,6-7,10-14H2,1H3,(H,23,26)/t15-/m1/s1. The average molecular weight is 430 g/mol. The van der Waals surface area contributed by atoms with Crippen molar-refractivity contribution in [1.29, 1.82) is 0 Å².